The van der Waals surface area contributed by atoms with Crippen LogP contribution in [0.15, 0.2) is 53.0 Å². The Labute approximate surface area is 143 Å². The quantitative estimate of drug-likeness (QED) is 0.776. The molecule has 2 aromatic carbocycles. The molecule has 122 valence electrons. The van der Waals surface area contributed by atoms with E-state index in [0.717, 1.165) is 10.0 Å². The fourth-order valence-corrected chi connectivity index (χ4v) is 2.30. The van der Waals surface area contributed by atoms with E-state index >= 15 is 0 Å². The molecule has 2 aromatic rings. The van der Waals surface area contributed by atoms with Crippen LogP contribution < -0.4 is 20.5 Å². The van der Waals surface area contributed by atoms with Crippen LogP contribution in [0.1, 0.15) is 11.6 Å². The van der Waals surface area contributed by atoms with E-state index in [9.17, 15) is 4.79 Å². The van der Waals surface area contributed by atoms with Gasteiger partial charge in [0.1, 0.15) is 11.5 Å². The van der Waals surface area contributed by atoms with E-state index in [1.165, 1.54) is 0 Å². The highest BCUT2D eigenvalue weighted by Crippen LogP contribution is 2.22. The minimum atomic E-state index is -0.345. The van der Waals surface area contributed by atoms with Crippen LogP contribution in [0.5, 0.6) is 11.5 Å². The number of nitrogens with one attached hydrogen (secondary N) is 1. The SMILES string of the molecule is COc1ccccc1C(N)CNC(=O)COc1ccc(Br)cc1. The van der Waals surface area contributed by atoms with Gasteiger partial charge in [0.25, 0.3) is 5.91 Å². The minimum absolute atomic E-state index is 0.0553. The van der Waals surface area contributed by atoms with E-state index in [-0.39, 0.29) is 18.6 Å². The summed E-state index contributed by atoms with van der Waals surface area (Å²) in [5.74, 6) is 1.12. The maximum Gasteiger partial charge on any atom is 0.258 e. The van der Waals surface area contributed by atoms with Crippen LogP contribution in [0.25, 0.3) is 0 Å². The Balaban J connectivity index is 1.80. The molecule has 3 N–H and O–H groups in total. The lowest BCUT2D eigenvalue weighted by Crippen LogP contribution is -2.35. The Bertz CT molecular complexity index is 647. The van der Waals surface area contributed by atoms with Crippen molar-refractivity contribution in [2.24, 2.45) is 5.73 Å². The van der Waals surface area contributed by atoms with Crippen molar-refractivity contribution in [2.45, 2.75) is 6.04 Å². The molecule has 2 rings (SSSR count). The van der Waals surface area contributed by atoms with E-state index in [1.54, 1.807) is 19.2 Å². The third-order valence-electron chi connectivity index (χ3n) is 3.24. The van der Waals surface area contributed by atoms with Crippen molar-refractivity contribution >= 4 is 21.8 Å². The summed E-state index contributed by atoms with van der Waals surface area (Å²) in [6.07, 6.45) is 0. The summed E-state index contributed by atoms with van der Waals surface area (Å²) in [5.41, 5.74) is 6.95. The molecule has 1 atom stereocenters. The molecule has 1 unspecified atom stereocenters. The lowest BCUT2D eigenvalue weighted by atomic mass is 10.1. The van der Waals surface area contributed by atoms with Gasteiger partial charge in [0.05, 0.1) is 13.2 Å². The van der Waals surface area contributed by atoms with E-state index in [2.05, 4.69) is 21.2 Å². The first-order valence-electron chi connectivity index (χ1n) is 7.13. The molecule has 0 aliphatic heterocycles. The van der Waals surface area contributed by atoms with Gasteiger partial charge in [-0.05, 0) is 30.3 Å². The number of carbonyl (C=O) groups is 1. The van der Waals surface area contributed by atoms with E-state index < -0.39 is 0 Å². The molecule has 0 saturated heterocycles. The zero-order valence-electron chi connectivity index (χ0n) is 12.8. The van der Waals surface area contributed by atoms with E-state index in [1.807, 2.05) is 36.4 Å². The maximum absolute atomic E-state index is 11.8. The second-order valence-corrected chi connectivity index (χ2v) is 5.81. The number of nitrogens with two attached hydrogens (primary N) is 1. The van der Waals surface area contributed by atoms with Crippen LogP contribution in [0.2, 0.25) is 0 Å². The molecule has 23 heavy (non-hydrogen) atoms. The molecule has 0 heterocycles. The van der Waals surface area contributed by atoms with Gasteiger partial charge in [0.15, 0.2) is 6.61 Å². The Hall–Kier alpha value is -2.05. The van der Waals surface area contributed by atoms with Crippen LogP contribution in [0.4, 0.5) is 0 Å². The normalized spacial score (nSPS) is 11.6. The molecular formula is C17H19BrN2O3. The number of benzene rings is 2. The van der Waals surface area contributed by atoms with Crippen molar-refractivity contribution in [3.63, 3.8) is 0 Å². The smallest absolute Gasteiger partial charge is 0.258 e. The Kier molecular flexibility index (Phi) is 6.43. The third kappa shape index (κ3) is 5.26. The largest absolute Gasteiger partial charge is 0.496 e. The summed E-state index contributed by atoms with van der Waals surface area (Å²) >= 11 is 3.34. The monoisotopic (exact) mass is 378 g/mol. The van der Waals surface area contributed by atoms with Crippen LogP contribution in [-0.4, -0.2) is 26.2 Å². The van der Waals surface area contributed by atoms with E-state index in [0.29, 0.717) is 18.0 Å². The number of amides is 1. The summed E-state index contributed by atoms with van der Waals surface area (Å²) in [6, 6.07) is 14.4. The molecule has 0 aliphatic rings. The number of carbonyl (C=O) groups excluding carboxylic acids is 1. The maximum atomic E-state index is 11.8. The number of para-hydroxylation sites is 1. The fraction of sp³-hybridized carbons (Fsp3) is 0.235. The molecule has 0 fully saturated rings. The van der Waals surface area contributed by atoms with Gasteiger partial charge in [-0.15, -0.1) is 0 Å². The third-order valence-corrected chi connectivity index (χ3v) is 3.77. The summed E-state index contributed by atoms with van der Waals surface area (Å²) in [4.78, 5) is 11.8. The van der Waals surface area contributed by atoms with Crippen molar-refractivity contribution in [2.75, 3.05) is 20.3 Å². The van der Waals surface area contributed by atoms with Gasteiger partial charge in [-0.1, -0.05) is 34.1 Å². The van der Waals surface area contributed by atoms with Crippen LogP contribution in [-0.2, 0) is 4.79 Å². The average Bonchev–Trinajstić information content (AvgIpc) is 2.59. The van der Waals surface area contributed by atoms with Crippen molar-refractivity contribution in [1.82, 2.24) is 5.32 Å². The highest BCUT2D eigenvalue weighted by Gasteiger charge is 2.12. The summed E-state index contributed by atoms with van der Waals surface area (Å²) in [6.45, 7) is 0.253. The number of halogens is 1. The van der Waals surface area contributed by atoms with Gasteiger partial charge in [-0.25, -0.2) is 0 Å². The highest BCUT2D eigenvalue weighted by molar-refractivity contribution is 9.10. The zero-order valence-corrected chi connectivity index (χ0v) is 14.4. The molecule has 0 spiro atoms. The van der Waals surface area contributed by atoms with Gasteiger partial charge in [-0.2, -0.15) is 0 Å². The Morgan fingerprint density at radius 2 is 1.91 bits per heavy atom. The lowest BCUT2D eigenvalue weighted by Gasteiger charge is -2.16. The zero-order chi connectivity index (χ0) is 16.7. The second-order valence-electron chi connectivity index (χ2n) is 4.90. The predicted molar refractivity (Wildman–Crippen MR) is 92.6 cm³/mol. The highest BCUT2D eigenvalue weighted by atomic mass is 79.9. The molecular weight excluding hydrogens is 360 g/mol. The summed E-state index contributed by atoms with van der Waals surface area (Å²) in [5, 5.41) is 2.76. The Morgan fingerprint density at radius 3 is 2.61 bits per heavy atom. The van der Waals surface area contributed by atoms with Crippen molar-refractivity contribution in [3.8, 4) is 11.5 Å². The predicted octanol–water partition coefficient (Wildman–Crippen LogP) is 2.65. The van der Waals surface area contributed by atoms with Gasteiger partial charge >= 0.3 is 0 Å². The lowest BCUT2D eigenvalue weighted by molar-refractivity contribution is -0.123. The average molecular weight is 379 g/mol. The number of methoxy groups -OCH3 is 1. The van der Waals surface area contributed by atoms with Crippen molar-refractivity contribution < 1.29 is 14.3 Å². The molecule has 5 nitrogen and oxygen atoms in total. The van der Waals surface area contributed by atoms with Gasteiger partial charge < -0.3 is 20.5 Å². The fourth-order valence-electron chi connectivity index (χ4n) is 2.04. The minimum Gasteiger partial charge on any atom is -0.496 e. The molecule has 0 aliphatic carbocycles. The Morgan fingerprint density at radius 1 is 1.22 bits per heavy atom. The topological polar surface area (TPSA) is 73.6 Å². The number of ether oxygens (including phenoxy) is 2. The number of hydrogen-bond acceptors (Lipinski definition) is 4. The second kappa shape index (κ2) is 8.55. The molecule has 6 heteroatoms. The van der Waals surface area contributed by atoms with Crippen molar-refractivity contribution in [1.29, 1.82) is 0 Å². The molecule has 0 bridgehead atoms. The first kappa shape index (κ1) is 17.3. The van der Waals surface area contributed by atoms with E-state index in [4.69, 9.17) is 15.2 Å². The molecule has 0 aromatic heterocycles. The first-order chi connectivity index (χ1) is 11.1. The number of rotatable bonds is 7. The van der Waals surface area contributed by atoms with Crippen molar-refractivity contribution in [3.05, 3.63) is 58.6 Å². The van der Waals surface area contributed by atoms with Crippen LogP contribution in [0.3, 0.4) is 0 Å². The molecule has 1 amide bonds. The first-order valence-corrected chi connectivity index (χ1v) is 7.93. The molecule has 0 saturated carbocycles. The van der Waals surface area contributed by atoms with Crippen LogP contribution in [0, 0.1) is 0 Å². The molecule has 0 radical (unpaired) electrons. The summed E-state index contributed by atoms with van der Waals surface area (Å²) in [7, 11) is 1.59. The standard InChI is InChI=1S/C17H19BrN2O3/c1-22-16-5-3-2-4-14(16)15(19)10-20-17(21)11-23-13-8-6-12(18)7-9-13/h2-9,15H,10-11,19H2,1H3,(H,20,21). The number of hydrogen-bond donors (Lipinski definition) is 2. The summed E-state index contributed by atoms with van der Waals surface area (Å²) < 4.78 is 11.6. The van der Waals surface area contributed by atoms with Gasteiger partial charge in [0.2, 0.25) is 0 Å². The van der Waals surface area contributed by atoms with Gasteiger partial charge in [-0.3, -0.25) is 4.79 Å². The van der Waals surface area contributed by atoms with Crippen LogP contribution >= 0.6 is 15.9 Å². The van der Waals surface area contributed by atoms with Gasteiger partial charge in [0, 0.05) is 16.6 Å².